The SMILES string of the molecule is BC1CC2C(C)C(C)C3C(I)C(C)C4C(C)C5C(C)C(C)C6C(I)CCC6C(C)C(C)C5C4C(C)C3C(C)C2C(C)C(C)(CC)CCC1C. The molecule has 0 saturated heterocycles. The Morgan fingerprint density at radius 2 is 0.980 bits per heavy atom. The molecule has 6 aliphatic carbocycles. The fourth-order valence-corrected chi connectivity index (χ4v) is 20.0. The summed E-state index contributed by atoms with van der Waals surface area (Å²) in [5.41, 5.74) is 0.460. The molecule has 6 rings (SSSR count). The molecule has 6 fully saturated rings. The first-order valence-electron chi connectivity index (χ1n) is 22.2. The molecule has 0 heterocycles. The average Bonchev–Trinajstić information content (AvgIpc) is 3.57. The van der Waals surface area contributed by atoms with E-state index in [0.717, 1.165) is 144 Å². The van der Waals surface area contributed by atoms with Crippen LogP contribution in [-0.2, 0) is 0 Å². The maximum Gasteiger partial charge on any atom is 0.105 e. The van der Waals surface area contributed by atoms with Crippen molar-refractivity contribution in [3.8, 4) is 0 Å². The molecule has 0 spiro atoms. The van der Waals surface area contributed by atoms with Gasteiger partial charge in [-0.25, -0.2) is 0 Å². The number of hydrogen-bond acceptors (Lipinski definition) is 0. The number of fused-ring (bicyclic) bond motifs is 6. The molecule has 3 heteroatoms. The summed E-state index contributed by atoms with van der Waals surface area (Å²) in [5, 5.41) is 0. The monoisotopic (exact) mass is 898 g/mol. The van der Waals surface area contributed by atoms with Gasteiger partial charge in [0.1, 0.15) is 7.85 Å². The summed E-state index contributed by atoms with van der Waals surface area (Å²) in [6.07, 6.45) is 8.65. The number of rotatable bonds is 1. The van der Waals surface area contributed by atoms with Crippen molar-refractivity contribution in [1.29, 1.82) is 0 Å². The highest BCUT2D eigenvalue weighted by Crippen LogP contribution is 2.69. The van der Waals surface area contributed by atoms with E-state index in [2.05, 4.69) is 150 Å². The minimum Gasteiger partial charge on any atom is -0.0823 e. The van der Waals surface area contributed by atoms with Gasteiger partial charge in [-0.15, -0.1) is 0 Å². The van der Waals surface area contributed by atoms with E-state index in [9.17, 15) is 0 Å². The highest BCUT2D eigenvalue weighted by Gasteiger charge is 2.65. The molecule has 0 aliphatic heterocycles. The third kappa shape index (κ3) is 6.27. The summed E-state index contributed by atoms with van der Waals surface area (Å²) < 4.78 is 1.69. The van der Waals surface area contributed by atoms with Crippen LogP contribution in [0, 0.1) is 136 Å². The smallest absolute Gasteiger partial charge is 0.0823 e. The van der Waals surface area contributed by atoms with Gasteiger partial charge in [-0.3, -0.25) is 0 Å². The van der Waals surface area contributed by atoms with Crippen molar-refractivity contribution in [3.63, 3.8) is 0 Å². The Balaban J connectivity index is 1.48. The molecule has 0 amide bonds. The number of alkyl halides is 2. The van der Waals surface area contributed by atoms with E-state index < -0.39 is 0 Å². The number of hydrogen-bond donors (Lipinski definition) is 0. The molecule has 282 valence electrons. The Bertz CT molecular complexity index is 1140. The minimum absolute atomic E-state index is 0.460. The predicted molar refractivity (Wildman–Crippen MR) is 234 cm³/mol. The normalized spacial score (nSPS) is 62.7. The fourth-order valence-electron chi connectivity index (χ4n) is 16.8. The van der Waals surface area contributed by atoms with Gasteiger partial charge in [0.25, 0.3) is 0 Å². The summed E-state index contributed by atoms with van der Waals surface area (Å²) in [7, 11) is 2.65. The van der Waals surface area contributed by atoms with E-state index in [4.69, 9.17) is 0 Å². The minimum atomic E-state index is 0.460. The Hall–Kier alpha value is 1.52. The maximum absolute atomic E-state index is 3.10. The molecule has 26 atom stereocenters. The van der Waals surface area contributed by atoms with Crippen molar-refractivity contribution in [2.24, 2.45) is 136 Å². The van der Waals surface area contributed by atoms with E-state index in [0.29, 0.717) is 5.41 Å². The molecule has 0 N–H and O–H groups in total. The van der Waals surface area contributed by atoms with Crippen LogP contribution >= 0.6 is 45.2 Å². The molecule has 0 aromatic carbocycles. The Labute approximate surface area is 335 Å². The third-order valence-electron chi connectivity index (χ3n) is 20.6. The molecular weight excluding hydrogens is 817 g/mol. The molecule has 0 aromatic rings. The second kappa shape index (κ2) is 14.9. The van der Waals surface area contributed by atoms with Crippen LogP contribution in [-0.4, -0.2) is 15.7 Å². The summed E-state index contributed by atoms with van der Waals surface area (Å²) in [6, 6.07) is 0. The van der Waals surface area contributed by atoms with Gasteiger partial charge in [-0.2, -0.15) is 0 Å². The van der Waals surface area contributed by atoms with Gasteiger partial charge in [0.15, 0.2) is 0 Å². The van der Waals surface area contributed by atoms with Gasteiger partial charge < -0.3 is 0 Å². The van der Waals surface area contributed by atoms with E-state index in [1.807, 2.05) is 0 Å². The first kappa shape index (κ1) is 40.2. The van der Waals surface area contributed by atoms with Crippen LogP contribution in [0.15, 0.2) is 0 Å². The van der Waals surface area contributed by atoms with E-state index in [1.165, 1.54) is 38.5 Å². The number of halogens is 2. The standard InChI is InChI=1S/C46H81BI2/c1-15-46(14)19-18-21(2)35(47)20-34-23(4)25(6)44-38(29(10)40(34)32(46)13)30(11)43-39(31(12)45(44)49)28(9)37-26(7)27(8)41-33(16-17-36(41)48)22(3)24(5)42(37)43/h21-45H,15-20,47H2,1-14H3. The molecule has 49 heavy (non-hydrogen) atoms. The molecule has 0 nitrogen and oxygen atoms in total. The van der Waals surface area contributed by atoms with Gasteiger partial charge >= 0.3 is 0 Å². The Kier molecular flexibility index (Phi) is 12.2. The zero-order chi connectivity index (χ0) is 36.2. The van der Waals surface area contributed by atoms with Crippen molar-refractivity contribution in [1.82, 2.24) is 0 Å². The van der Waals surface area contributed by atoms with Crippen molar-refractivity contribution in [3.05, 3.63) is 0 Å². The summed E-state index contributed by atoms with van der Waals surface area (Å²) in [6.45, 7) is 38.6. The van der Waals surface area contributed by atoms with Crippen molar-refractivity contribution >= 4 is 53.0 Å². The molecule has 0 aromatic heterocycles. The first-order valence-corrected chi connectivity index (χ1v) is 24.7. The van der Waals surface area contributed by atoms with Crippen LogP contribution in [0.1, 0.15) is 135 Å². The Morgan fingerprint density at radius 3 is 1.61 bits per heavy atom. The van der Waals surface area contributed by atoms with Gasteiger partial charge in [0.05, 0.1) is 0 Å². The quantitative estimate of drug-likeness (QED) is 0.140. The molecule has 6 aliphatic rings. The van der Waals surface area contributed by atoms with Crippen molar-refractivity contribution in [2.45, 2.75) is 149 Å². The largest absolute Gasteiger partial charge is 0.105 e. The second-order valence-electron chi connectivity index (χ2n) is 21.6. The van der Waals surface area contributed by atoms with Crippen LogP contribution in [0.5, 0.6) is 0 Å². The topological polar surface area (TPSA) is 0 Å². The summed E-state index contributed by atoms with van der Waals surface area (Å²) in [5.74, 6) is 19.8. The molecule has 26 unspecified atom stereocenters. The molecule has 0 radical (unpaired) electrons. The highest BCUT2D eigenvalue weighted by molar-refractivity contribution is 14.1. The molecule has 0 bridgehead atoms. The van der Waals surface area contributed by atoms with E-state index in [-0.39, 0.29) is 0 Å². The highest BCUT2D eigenvalue weighted by atomic mass is 127. The first-order chi connectivity index (χ1) is 22.9. The lowest BCUT2D eigenvalue weighted by molar-refractivity contribution is -0.0252. The molecule has 6 saturated carbocycles. The lowest BCUT2D eigenvalue weighted by atomic mass is 9.54. The zero-order valence-corrected chi connectivity index (χ0v) is 39.2. The lowest BCUT2D eigenvalue weighted by Crippen LogP contribution is -2.46. The van der Waals surface area contributed by atoms with Crippen molar-refractivity contribution < 1.29 is 0 Å². The van der Waals surface area contributed by atoms with Gasteiger partial charge in [0, 0.05) is 7.85 Å². The third-order valence-corrected chi connectivity index (χ3v) is 24.0. The van der Waals surface area contributed by atoms with Crippen molar-refractivity contribution in [2.75, 3.05) is 0 Å². The van der Waals surface area contributed by atoms with Crippen LogP contribution in [0.25, 0.3) is 0 Å². The fraction of sp³-hybridized carbons (Fsp3) is 1.00. The summed E-state index contributed by atoms with van der Waals surface area (Å²) in [4.78, 5) is 0. The predicted octanol–water partition coefficient (Wildman–Crippen LogP) is 13.3. The van der Waals surface area contributed by atoms with Gasteiger partial charge in [-0.05, 0) is 155 Å². The maximum atomic E-state index is 3.10. The van der Waals surface area contributed by atoms with Gasteiger partial charge in [0.2, 0.25) is 0 Å². The lowest BCUT2D eigenvalue weighted by Gasteiger charge is -2.51. The van der Waals surface area contributed by atoms with E-state index in [1.54, 1.807) is 0 Å². The van der Waals surface area contributed by atoms with E-state index >= 15 is 0 Å². The Morgan fingerprint density at radius 1 is 0.510 bits per heavy atom. The zero-order valence-electron chi connectivity index (χ0n) is 34.9. The second-order valence-corrected chi connectivity index (χ2v) is 24.6. The average molecular weight is 899 g/mol. The summed E-state index contributed by atoms with van der Waals surface area (Å²) >= 11 is 6.00. The van der Waals surface area contributed by atoms with Crippen LogP contribution in [0.4, 0.5) is 0 Å². The van der Waals surface area contributed by atoms with Crippen LogP contribution in [0.3, 0.4) is 0 Å². The molecular formula is C46H81BI2. The van der Waals surface area contributed by atoms with Crippen LogP contribution < -0.4 is 0 Å². The van der Waals surface area contributed by atoms with Gasteiger partial charge in [-0.1, -0.05) is 167 Å². The van der Waals surface area contributed by atoms with Crippen LogP contribution in [0.2, 0.25) is 5.82 Å².